The Bertz CT molecular complexity index is 1000. The van der Waals surface area contributed by atoms with Crippen LogP contribution in [-0.2, 0) is 21.3 Å². The van der Waals surface area contributed by atoms with Gasteiger partial charge < -0.3 is 14.2 Å². The molecule has 2 fully saturated rings. The van der Waals surface area contributed by atoms with Crippen LogP contribution >= 0.6 is 0 Å². The number of benzene rings is 2. The van der Waals surface area contributed by atoms with Gasteiger partial charge in [-0.05, 0) is 43.1 Å². The van der Waals surface area contributed by atoms with E-state index in [-0.39, 0.29) is 6.04 Å². The minimum atomic E-state index is -3.50. The van der Waals surface area contributed by atoms with Crippen LogP contribution in [0.3, 0.4) is 0 Å². The molecule has 31 heavy (non-hydrogen) atoms. The van der Waals surface area contributed by atoms with Gasteiger partial charge in [0.2, 0.25) is 10.0 Å². The number of methoxy groups -OCH3 is 2. The second-order valence-electron chi connectivity index (χ2n) is 7.90. The van der Waals surface area contributed by atoms with Gasteiger partial charge in [0.25, 0.3) is 0 Å². The summed E-state index contributed by atoms with van der Waals surface area (Å²) in [5.74, 6) is 1.59. The monoisotopic (exact) mass is 446 g/mol. The van der Waals surface area contributed by atoms with Crippen LogP contribution in [0.2, 0.25) is 0 Å². The maximum atomic E-state index is 13.0. The minimum Gasteiger partial charge on any atom is -0.497 e. The van der Waals surface area contributed by atoms with Crippen LogP contribution < -0.4 is 9.47 Å². The average Bonchev–Trinajstić information content (AvgIpc) is 3.27. The van der Waals surface area contributed by atoms with E-state index >= 15 is 0 Å². The minimum absolute atomic E-state index is 0.223. The Balaban J connectivity index is 1.55. The fourth-order valence-electron chi connectivity index (χ4n) is 4.44. The van der Waals surface area contributed by atoms with Gasteiger partial charge in [-0.1, -0.05) is 18.2 Å². The predicted molar refractivity (Wildman–Crippen MR) is 118 cm³/mol. The van der Waals surface area contributed by atoms with Crippen molar-refractivity contribution in [3.63, 3.8) is 0 Å². The third kappa shape index (κ3) is 4.72. The van der Waals surface area contributed by atoms with E-state index in [0.717, 1.165) is 42.0 Å². The second-order valence-corrected chi connectivity index (χ2v) is 9.84. The lowest BCUT2D eigenvalue weighted by atomic mass is 10.0. The summed E-state index contributed by atoms with van der Waals surface area (Å²) >= 11 is 0. The van der Waals surface area contributed by atoms with Gasteiger partial charge in [-0.2, -0.15) is 4.31 Å². The SMILES string of the molecule is COc1ccc(C2CCCN2Cc2cccc(S(=O)(=O)N3CCOCC3)c2)c(OC)c1. The van der Waals surface area contributed by atoms with Crippen LogP contribution in [-0.4, -0.2) is 64.7 Å². The Hall–Kier alpha value is -2.13. The highest BCUT2D eigenvalue weighted by atomic mass is 32.2. The van der Waals surface area contributed by atoms with E-state index in [1.54, 1.807) is 20.3 Å². The molecule has 1 atom stereocenters. The van der Waals surface area contributed by atoms with Gasteiger partial charge in [0.1, 0.15) is 11.5 Å². The molecule has 1 unspecified atom stereocenters. The molecule has 4 rings (SSSR count). The first kappa shape index (κ1) is 22.1. The Kier molecular flexibility index (Phi) is 6.81. The maximum absolute atomic E-state index is 13.0. The summed E-state index contributed by atoms with van der Waals surface area (Å²) in [5.41, 5.74) is 2.13. The van der Waals surface area contributed by atoms with Crippen molar-refractivity contribution in [1.29, 1.82) is 0 Å². The van der Waals surface area contributed by atoms with E-state index in [9.17, 15) is 8.42 Å². The van der Waals surface area contributed by atoms with Crippen LogP contribution in [0.5, 0.6) is 11.5 Å². The number of hydrogen-bond donors (Lipinski definition) is 0. The molecule has 0 radical (unpaired) electrons. The maximum Gasteiger partial charge on any atom is 0.243 e. The second kappa shape index (κ2) is 9.56. The molecule has 0 aliphatic carbocycles. The third-order valence-electron chi connectivity index (χ3n) is 6.06. The standard InChI is InChI=1S/C23H30N2O5S/c1-28-19-8-9-21(23(16-19)29-2)22-7-4-10-24(22)17-18-5-3-6-20(15-18)31(26,27)25-11-13-30-14-12-25/h3,5-6,8-9,15-16,22H,4,7,10-14,17H2,1-2H3. The van der Waals surface area contributed by atoms with Crippen molar-refractivity contribution in [3.8, 4) is 11.5 Å². The van der Waals surface area contributed by atoms with E-state index in [2.05, 4.69) is 11.0 Å². The zero-order valence-electron chi connectivity index (χ0n) is 18.1. The number of morpholine rings is 1. The summed E-state index contributed by atoms with van der Waals surface area (Å²) < 4.78 is 43.8. The van der Waals surface area contributed by atoms with Gasteiger partial charge in [-0.3, -0.25) is 4.90 Å². The highest BCUT2D eigenvalue weighted by Crippen LogP contribution is 2.39. The molecule has 0 amide bonds. The zero-order chi connectivity index (χ0) is 21.8. The van der Waals surface area contributed by atoms with Crippen molar-refractivity contribution < 1.29 is 22.6 Å². The fraction of sp³-hybridized carbons (Fsp3) is 0.478. The molecule has 2 aromatic carbocycles. The quantitative estimate of drug-likeness (QED) is 0.651. The van der Waals surface area contributed by atoms with Crippen molar-refractivity contribution in [2.45, 2.75) is 30.3 Å². The highest BCUT2D eigenvalue weighted by molar-refractivity contribution is 7.89. The Labute approximate surface area is 184 Å². The Morgan fingerprint density at radius 3 is 2.58 bits per heavy atom. The van der Waals surface area contributed by atoms with Gasteiger partial charge >= 0.3 is 0 Å². The molecular weight excluding hydrogens is 416 g/mol. The molecular formula is C23H30N2O5S. The number of likely N-dealkylation sites (tertiary alicyclic amines) is 1. The number of rotatable bonds is 7. The number of sulfonamides is 1. The van der Waals surface area contributed by atoms with Gasteiger partial charge in [0, 0.05) is 37.3 Å². The largest absolute Gasteiger partial charge is 0.497 e. The topological polar surface area (TPSA) is 68.3 Å². The van der Waals surface area contributed by atoms with Gasteiger partial charge in [-0.15, -0.1) is 0 Å². The number of nitrogens with zero attached hydrogens (tertiary/aromatic N) is 2. The molecule has 8 heteroatoms. The smallest absolute Gasteiger partial charge is 0.243 e. The van der Waals surface area contributed by atoms with Crippen molar-refractivity contribution in [2.24, 2.45) is 0 Å². The lowest BCUT2D eigenvalue weighted by Gasteiger charge is -2.27. The van der Waals surface area contributed by atoms with E-state index in [1.165, 1.54) is 4.31 Å². The number of hydrogen-bond acceptors (Lipinski definition) is 6. The first-order chi connectivity index (χ1) is 15.0. The molecule has 0 aromatic heterocycles. The Morgan fingerprint density at radius 1 is 1.03 bits per heavy atom. The lowest BCUT2D eigenvalue weighted by Crippen LogP contribution is -2.40. The van der Waals surface area contributed by atoms with E-state index in [0.29, 0.717) is 37.7 Å². The lowest BCUT2D eigenvalue weighted by molar-refractivity contribution is 0.0730. The predicted octanol–water partition coefficient (Wildman–Crippen LogP) is 3.06. The molecule has 2 aromatic rings. The molecule has 2 aliphatic heterocycles. The van der Waals surface area contributed by atoms with Crippen LogP contribution in [0.15, 0.2) is 47.4 Å². The van der Waals surface area contributed by atoms with Crippen molar-refractivity contribution >= 4 is 10.0 Å². The van der Waals surface area contributed by atoms with Crippen LogP contribution in [0.4, 0.5) is 0 Å². The van der Waals surface area contributed by atoms with Gasteiger partial charge in [0.05, 0.1) is 32.3 Å². The van der Waals surface area contributed by atoms with E-state index in [4.69, 9.17) is 14.2 Å². The third-order valence-corrected chi connectivity index (χ3v) is 7.95. The summed E-state index contributed by atoms with van der Waals surface area (Å²) in [5, 5.41) is 0. The summed E-state index contributed by atoms with van der Waals surface area (Å²) in [4.78, 5) is 2.75. The summed E-state index contributed by atoms with van der Waals surface area (Å²) in [6.45, 7) is 3.33. The molecule has 2 saturated heterocycles. The summed E-state index contributed by atoms with van der Waals surface area (Å²) in [6, 6.07) is 13.5. The summed E-state index contributed by atoms with van der Waals surface area (Å²) in [6.07, 6.45) is 2.13. The normalized spacial score (nSPS) is 20.6. The van der Waals surface area contributed by atoms with Crippen molar-refractivity contribution in [2.75, 3.05) is 47.1 Å². The van der Waals surface area contributed by atoms with Crippen molar-refractivity contribution in [3.05, 3.63) is 53.6 Å². The van der Waals surface area contributed by atoms with E-state index < -0.39 is 10.0 Å². The molecule has 7 nitrogen and oxygen atoms in total. The summed E-state index contributed by atoms with van der Waals surface area (Å²) in [7, 11) is -0.176. The zero-order valence-corrected chi connectivity index (χ0v) is 18.9. The Morgan fingerprint density at radius 2 is 1.84 bits per heavy atom. The van der Waals surface area contributed by atoms with Crippen molar-refractivity contribution in [1.82, 2.24) is 9.21 Å². The molecule has 0 bridgehead atoms. The first-order valence-corrected chi connectivity index (χ1v) is 12.1. The highest BCUT2D eigenvalue weighted by Gasteiger charge is 2.30. The molecule has 2 aliphatic rings. The van der Waals surface area contributed by atoms with Crippen LogP contribution in [0.1, 0.15) is 30.0 Å². The van der Waals surface area contributed by atoms with E-state index in [1.807, 2.05) is 30.3 Å². The van der Waals surface area contributed by atoms with Crippen LogP contribution in [0.25, 0.3) is 0 Å². The van der Waals surface area contributed by atoms with Gasteiger partial charge in [0.15, 0.2) is 0 Å². The first-order valence-electron chi connectivity index (χ1n) is 10.7. The molecule has 2 heterocycles. The van der Waals surface area contributed by atoms with Gasteiger partial charge in [-0.25, -0.2) is 8.42 Å². The molecule has 0 saturated carbocycles. The average molecular weight is 447 g/mol. The molecule has 0 N–H and O–H groups in total. The molecule has 0 spiro atoms. The molecule has 168 valence electrons. The number of ether oxygens (including phenoxy) is 3. The van der Waals surface area contributed by atoms with Crippen LogP contribution in [0, 0.1) is 0 Å². The fourth-order valence-corrected chi connectivity index (χ4v) is 5.91.